The Labute approximate surface area is 173 Å². The maximum atomic E-state index is 13.6. The van der Waals surface area contributed by atoms with Gasteiger partial charge in [-0.2, -0.15) is 0 Å². The Hall–Kier alpha value is -2.55. The summed E-state index contributed by atoms with van der Waals surface area (Å²) in [5.74, 6) is 0.131. The van der Waals surface area contributed by atoms with Crippen molar-refractivity contribution in [1.29, 1.82) is 0 Å². The number of fused-ring (bicyclic) bond motifs is 1. The third-order valence-electron chi connectivity index (χ3n) is 6.43. The second kappa shape index (κ2) is 7.37. The van der Waals surface area contributed by atoms with Gasteiger partial charge in [0.05, 0.1) is 5.41 Å². The normalized spacial score (nSPS) is 16.7. The molecule has 1 saturated carbocycles. The van der Waals surface area contributed by atoms with Crippen LogP contribution in [0.2, 0.25) is 0 Å². The molecule has 1 fully saturated rings. The van der Waals surface area contributed by atoms with Crippen LogP contribution in [0.3, 0.4) is 0 Å². The van der Waals surface area contributed by atoms with Crippen LogP contribution in [-0.4, -0.2) is 10.9 Å². The van der Waals surface area contributed by atoms with E-state index >= 15 is 0 Å². The monoisotopic (exact) mass is 388 g/mol. The quantitative estimate of drug-likeness (QED) is 0.521. The molecular weight excluding hydrogens is 356 g/mol. The number of aromatic amines is 1. The van der Waals surface area contributed by atoms with Crippen molar-refractivity contribution in [3.05, 3.63) is 65.4 Å². The van der Waals surface area contributed by atoms with E-state index in [1.165, 1.54) is 17.7 Å². The number of aromatic nitrogens is 1. The Morgan fingerprint density at radius 3 is 2.31 bits per heavy atom. The Bertz CT molecular complexity index is 1020. The number of nitrogens with one attached hydrogen (secondary N) is 2. The van der Waals surface area contributed by atoms with Crippen molar-refractivity contribution in [2.75, 3.05) is 5.32 Å². The van der Waals surface area contributed by atoms with Crippen LogP contribution in [0, 0.1) is 6.92 Å². The molecule has 1 aliphatic carbocycles. The summed E-state index contributed by atoms with van der Waals surface area (Å²) in [6, 6.07) is 16.9. The summed E-state index contributed by atoms with van der Waals surface area (Å²) in [5, 5.41) is 4.39. The molecule has 0 saturated heterocycles. The number of rotatable bonds is 3. The van der Waals surface area contributed by atoms with Crippen molar-refractivity contribution in [3.63, 3.8) is 0 Å². The first-order chi connectivity index (χ1) is 13.8. The fraction of sp³-hybridized carbons (Fsp3) is 0.423. The van der Waals surface area contributed by atoms with E-state index in [1.54, 1.807) is 0 Å². The number of amides is 1. The molecule has 1 aromatic heterocycles. The fourth-order valence-electron chi connectivity index (χ4n) is 4.54. The zero-order chi connectivity index (χ0) is 20.6. The lowest BCUT2D eigenvalue weighted by Crippen LogP contribution is -2.42. The van der Waals surface area contributed by atoms with Gasteiger partial charge in [0.1, 0.15) is 0 Å². The molecule has 0 radical (unpaired) electrons. The van der Waals surface area contributed by atoms with Crippen molar-refractivity contribution in [1.82, 2.24) is 4.98 Å². The van der Waals surface area contributed by atoms with Crippen LogP contribution in [0.15, 0.2) is 48.5 Å². The van der Waals surface area contributed by atoms with Crippen LogP contribution in [-0.2, 0) is 15.6 Å². The number of carbonyl (C=O) groups excluding carboxylic acids is 1. The van der Waals surface area contributed by atoms with Crippen molar-refractivity contribution in [2.45, 2.75) is 70.6 Å². The van der Waals surface area contributed by atoms with Gasteiger partial charge in [-0.15, -0.1) is 0 Å². The van der Waals surface area contributed by atoms with Gasteiger partial charge in [0.15, 0.2) is 0 Å². The summed E-state index contributed by atoms with van der Waals surface area (Å²) in [6.07, 6.45) is 5.26. The summed E-state index contributed by atoms with van der Waals surface area (Å²) in [4.78, 5) is 17.1. The predicted molar refractivity (Wildman–Crippen MR) is 122 cm³/mol. The van der Waals surface area contributed by atoms with E-state index in [-0.39, 0.29) is 11.3 Å². The van der Waals surface area contributed by atoms with E-state index < -0.39 is 5.41 Å². The lowest BCUT2D eigenvalue weighted by atomic mass is 9.68. The van der Waals surface area contributed by atoms with Gasteiger partial charge in [-0.1, -0.05) is 69.9 Å². The van der Waals surface area contributed by atoms with E-state index in [2.05, 4.69) is 80.5 Å². The summed E-state index contributed by atoms with van der Waals surface area (Å²) in [6.45, 7) is 8.70. The number of hydrogen-bond acceptors (Lipinski definition) is 1. The first kappa shape index (κ1) is 19.8. The zero-order valence-electron chi connectivity index (χ0n) is 18.1. The lowest BCUT2D eigenvalue weighted by Gasteiger charge is -2.36. The van der Waals surface area contributed by atoms with Crippen LogP contribution in [0.4, 0.5) is 5.69 Å². The third kappa shape index (κ3) is 3.83. The molecule has 4 rings (SSSR count). The van der Waals surface area contributed by atoms with Crippen molar-refractivity contribution in [3.8, 4) is 0 Å². The highest BCUT2D eigenvalue weighted by Crippen LogP contribution is 2.41. The molecule has 3 heteroatoms. The standard InChI is InChI=1S/C26H32N2O/c1-18-8-10-20(11-9-18)26(14-6-5-7-15-26)24(29)27-21-12-13-22-19(16-21)17-23(28-22)25(2,3)4/h8-13,16-17,28H,5-7,14-15H2,1-4H3,(H,27,29). The van der Waals surface area contributed by atoms with Gasteiger partial charge in [0.25, 0.3) is 0 Å². The molecule has 2 N–H and O–H groups in total. The summed E-state index contributed by atoms with van der Waals surface area (Å²) in [7, 11) is 0. The number of carbonyl (C=O) groups is 1. The molecule has 0 aliphatic heterocycles. The second-order valence-electron chi connectivity index (χ2n) is 9.70. The van der Waals surface area contributed by atoms with Gasteiger partial charge >= 0.3 is 0 Å². The third-order valence-corrected chi connectivity index (χ3v) is 6.43. The first-order valence-electron chi connectivity index (χ1n) is 10.8. The van der Waals surface area contributed by atoms with Crippen LogP contribution in [0.25, 0.3) is 10.9 Å². The average Bonchev–Trinajstić information content (AvgIpc) is 3.13. The summed E-state index contributed by atoms with van der Waals surface area (Å²) < 4.78 is 0. The molecule has 3 aromatic rings. The van der Waals surface area contributed by atoms with Crippen molar-refractivity contribution in [2.24, 2.45) is 0 Å². The summed E-state index contributed by atoms with van der Waals surface area (Å²) in [5.41, 5.74) is 5.22. The molecule has 1 amide bonds. The minimum absolute atomic E-state index is 0.0695. The van der Waals surface area contributed by atoms with Crippen LogP contribution < -0.4 is 5.32 Å². The van der Waals surface area contributed by atoms with E-state index in [9.17, 15) is 4.79 Å². The molecule has 0 unspecified atom stereocenters. The number of anilines is 1. The molecule has 152 valence electrons. The SMILES string of the molecule is Cc1ccc(C2(C(=O)Nc3ccc4[nH]c(C(C)(C)C)cc4c3)CCCCC2)cc1. The molecular formula is C26H32N2O. The minimum Gasteiger partial charge on any atom is -0.358 e. The van der Waals surface area contributed by atoms with Crippen LogP contribution >= 0.6 is 0 Å². The smallest absolute Gasteiger partial charge is 0.235 e. The fourth-order valence-corrected chi connectivity index (χ4v) is 4.54. The highest BCUT2D eigenvalue weighted by atomic mass is 16.2. The number of aryl methyl sites for hydroxylation is 1. The molecule has 0 atom stereocenters. The Kier molecular flexibility index (Phi) is 5.02. The van der Waals surface area contributed by atoms with Gasteiger partial charge in [-0.3, -0.25) is 4.79 Å². The topological polar surface area (TPSA) is 44.9 Å². The van der Waals surface area contributed by atoms with Gasteiger partial charge in [0, 0.05) is 27.7 Å². The predicted octanol–water partition coefficient (Wildman–Crippen LogP) is 6.61. The van der Waals surface area contributed by atoms with E-state index in [0.29, 0.717) is 0 Å². The van der Waals surface area contributed by atoms with E-state index in [0.717, 1.165) is 47.8 Å². The van der Waals surface area contributed by atoms with E-state index in [4.69, 9.17) is 0 Å². The maximum Gasteiger partial charge on any atom is 0.235 e. The Morgan fingerprint density at radius 1 is 0.966 bits per heavy atom. The molecule has 3 nitrogen and oxygen atoms in total. The molecule has 0 spiro atoms. The zero-order valence-corrected chi connectivity index (χ0v) is 18.1. The lowest BCUT2D eigenvalue weighted by molar-refractivity contribution is -0.122. The van der Waals surface area contributed by atoms with Crippen LogP contribution in [0.5, 0.6) is 0 Å². The van der Waals surface area contributed by atoms with Gasteiger partial charge in [-0.25, -0.2) is 0 Å². The Morgan fingerprint density at radius 2 is 1.66 bits per heavy atom. The molecule has 0 bridgehead atoms. The maximum absolute atomic E-state index is 13.6. The second-order valence-corrected chi connectivity index (χ2v) is 9.70. The minimum atomic E-state index is -0.421. The highest BCUT2D eigenvalue weighted by Gasteiger charge is 2.41. The molecule has 1 aliphatic rings. The van der Waals surface area contributed by atoms with Crippen molar-refractivity contribution < 1.29 is 4.79 Å². The average molecular weight is 389 g/mol. The number of hydrogen-bond donors (Lipinski definition) is 2. The molecule has 1 heterocycles. The molecule has 29 heavy (non-hydrogen) atoms. The largest absolute Gasteiger partial charge is 0.358 e. The Balaban J connectivity index is 1.64. The summed E-state index contributed by atoms with van der Waals surface area (Å²) >= 11 is 0. The van der Waals surface area contributed by atoms with Crippen LogP contribution in [0.1, 0.15) is 69.7 Å². The van der Waals surface area contributed by atoms with Gasteiger partial charge < -0.3 is 10.3 Å². The van der Waals surface area contributed by atoms with Gasteiger partial charge in [0.2, 0.25) is 5.91 Å². The number of benzene rings is 2. The van der Waals surface area contributed by atoms with E-state index in [1.807, 2.05) is 6.07 Å². The molecule has 2 aromatic carbocycles. The highest BCUT2D eigenvalue weighted by molar-refractivity contribution is 6.00. The number of H-pyrrole nitrogens is 1. The first-order valence-corrected chi connectivity index (χ1v) is 10.8. The van der Waals surface area contributed by atoms with Crippen molar-refractivity contribution >= 4 is 22.5 Å². The van der Waals surface area contributed by atoms with Gasteiger partial charge in [-0.05, 0) is 49.6 Å².